The Morgan fingerprint density at radius 2 is 2.47 bits per heavy atom. The summed E-state index contributed by atoms with van der Waals surface area (Å²) in [7, 11) is 1.73. The molecular formula is C13H22N2O2. The fourth-order valence-electron chi connectivity index (χ4n) is 2.56. The van der Waals surface area contributed by atoms with E-state index in [1.807, 2.05) is 0 Å². The van der Waals surface area contributed by atoms with Gasteiger partial charge in [-0.1, -0.05) is 24.3 Å². The van der Waals surface area contributed by atoms with Crippen LogP contribution in [-0.4, -0.2) is 50.1 Å². The lowest BCUT2D eigenvalue weighted by Crippen LogP contribution is -2.60. The average molecular weight is 238 g/mol. The van der Waals surface area contributed by atoms with Crippen LogP contribution < -0.4 is 5.73 Å². The number of nitrogens with zero attached hydrogens (tertiary/aromatic N) is 1. The second-order valence-corrected chi connectivity index (χ2v) is 4.74. The van der Waals surface area contributed by atoms with Crippen molar-refractivity contribution in [2.24, 2.45) is 5.73 Å². The number of hydrogen-bond donors (Lipinski definition) is 1. The van der Waals surface area contributed by atoms with Crippen molar-refractivity contribution >= 4 is 0 Å². The van der Waals surface area contributed by atoms with Crippen molar-refractivity contribution in [1.29, 1.82) is 0 Å². The zero-order chi connectivity index (χ0) is 12.3. The molecule has 0 aromatic heterocycles. The number of fused-ring (bicyclic) bond motifs is 1. The van der Waals surface area contributed by atoms with E-state index in [0.717, 1.165) is 31.6 Å². The standard InChI is InChI=1S/C13H22N2O2/c1-10-4-5-12-11(8-10)15(6-3-7-16-2)13(14)9-17-12/h4-5,11-13H,1,3,6-9,14H2,2H3. The Kier molecular flexibility index (Phi) is 4.34. The highest BCUT2D eigenvalue weighted by Crippen LogP contribution is 2.27. The minimum atomic E-state index is -0.00703. The molecule has 0 saturated carbocycles. The number of nitrogens with two attached hydrogens (primary N) is 1. The SMILES string of the molecule is C=C1C=CC2OCC(N)N(CCCOC)C2C1. The lowest BCUT2D eigenvalue weighted by molar-refractivity contribution is -0.0847. The molecule has 0 aromatic carbocycles. The van der Waals surface area contributed by atoms with Gasteiger partial charge in [0.2, 0.25) is 0 Å². The van der Waals surface area contributed by atoms with E-state index in [9.17, 15) is 0 Å². The predicted molar refractivity (Wildman–Crippen MR) is 67.6 cm³/mol. The summed E-state index contributed by atoms with van der Waals surface area (Å²) in [5.41, 5.74) is 7.27. The van der Waals surface area contributed by atoms with Gasteiger partial charge in [0.1, 0.15) is 0 Å². The van der Waals surface area contributed by atoms with Gasteiger partial charge in [-0.3, -0.25) is 4.90 Å². The summed E-state index contributed by atoms with van der Waals surface area (Å²) in [6.45, 7) is 6.36. The molecule has 1 heterocycles. The van der Waals surface area contributed by atoms with Crippen molar-refractivity contribution < 1.29 is 9.47 Å². The van der Waals surface area contributed by atoms with Crippen molar-refractivity contribution in [2.75, 3.05) is 26.9 Å². The lowest BCUT2D eigenvalue weighted by atomic mass is 9.92. The molecule has 3 unspecified atom stereocenters. The summed E-state index contributed by atoms with van der Waals surface area (Å²) in [6.07, 6.45) is 6.28. The molecule has 2 aliphatic rings. The van der Waals surface area contributed by atoms with Crippen LogP contribution in [0.1, 0.15) is 12.8 Å². The van der Waals surface area contributed by atoms with Gasteiger partial charge >= 0.3 is 0 Å². The van der Waals surface area contributed by atoms with Crippen molar-refractivity contribution in [3.05, 3.63) is 24.3 Å². The summed E-state index contributed by atoms with van der Waals surface area (Å²) in [5.74, 6) is 0. The van der Waals surface area contributed by atoms with Gasteiger partial charge in [0.25, 0.3) is 0 Å². The maximum absolute atomic E-state index is 6.12. The van der Waals surface area contributed by atoms with Gasteiger partial charge in [0, 0.05) is 26.3 Å². The molecule has 0 spiro atoms. The van der Waals surface area contributed by atoms with Gasteiger partial charge in [-0.05, 0) is 12.8 Å². The van der Waals surface area contributed by atoms with Crippen LogP contribution in [-0.2, 0) is 9.47 Å². The van der Waals surface area contributed by atoms with E-state index < -0.39 is 0 Å². The van der Waals surface area contributed by atoms with Gasteiger partial charge in [-0.25, -0.2) is 0 Å². The van der Waals surface area contributed by atoms with Crippen LogP contribution in [0.15, 0.2) is 24.3 Å². The molecule has 3 atom stereocenters. The van der Waals surface area contributed by atoms with Crippen molar-refractivity contribution in [1.82, 2.24) is 4.90 Å². The molecule has 0 aromatic rings. The zero-order valence-corrected chi connectivity index (χ0v) is 10.5. The normalized spacial score (nSPS) is 33.8. The molecule has 1 fully saturated rings. The fraction of sp³-hybridized carbons (Fsp3) is 0.692. The number of ether oxygens (including phenoxy) is 2. The van der Waals surface area contributed by atoms with Crippen molar-refractivity contribution in [3.63, 3.8) is 0 Å². The molecular weight excluding hydrogens is 216 g/mol. The third kappa shape index (κ3) is 2.96. The van der Waals surface area contributed by atoms with Gasteiger partial charge < -0.3 is 15.2 Å². The first-order valence-corrected chi connectivity index (χ1v) is 6.20. The third-order valence-electron chi connectivity index (χ3n) is 3.45. The molecule has 1 aliphatic carbocycles. The number of morpholine rings is 1. The Morgan fingerprint density at radius 3 is 3.24 bits per heavy atom. The Bertz CT molecular complexity index is 304. The van der Waals surface area contributed by atoms with Crippen LogP contribution >= 0.6 is 0 Å². The Labute approximate surface area is 103 Å². The summed E-state index contributed by atoms with van der Waals surface area (Å²) in [6, 6.07) is 0.341. The van der Waals surface area contributed by atoms with E-state index in [2.05, 4.69) is 23.6 Å². The Morgan fingerprint density at radius 1 is 1.65 bits per heavy atom. The van der Waals surface area contributed by atoms with E-state index in [0.29, 0.717) is 12.6 Å². The quantitative estimate of drug-likeness (QED) is 0.739. The average Bonchev–Trinajstić information content (AvgIpc) is 2.32. The minimum Gasteiger partial charge on any atom is -0.385 e. The summed E-state index contributed by atoms with van der Waals surface area (Å²) < 4.78 is 10.8. The van der Waals surface area contributed by atoms with Gasteiger partial charge in [-0.2, -0.15) is 0 Å². The van der Waals surface area contributed by atoms with Crippen LogP contribution in [0, 0.1) is 0 Å². The monoisotopic (exact) mass is 238 g/mol. The zero-order valence-electron chi connectivity index (χ0n) is 10.5. The Balaban J connectivity index is 2.00. The highest BCUT2D eigenvalue weighted by molar-refractivity contribution is 5.24. The first-order valence-electron chi connectivity index (χ1n) is 6.20. The highest BCUT2D eigenvalue weighted by atomic mass is 16.5. The largest absolute Gasteiger partial charge is 0.385 e. The predicted octanol–water partition coefficient (Wildman–Crippen LogP) is 0.893. The van der Waals surface area contributed by atoms with Crippen molar-refractivity contribution in [3.8, 4) is 0 Å². The molecule has 96 valence electrons. The van der Waals surface area contributed by atoms with Crippen LogP contribution in [0.25, 0.3) is 0 Å². The molecule has 0 radical (unpaired) electrons. The second-order valence-electron chi connectivity index (χ2n) is 4.74. The molecule has 4 nitrogen and oxygen atoms in total. The first kappa shape index (κ1) is 12.8. The molecule has 2 rings (SSSR count). The summed E-state index contributed by atoms with van der Waals surface area (Å²) in [5, 5.41) is 0. The van der Waals surface area contributed by atoms with E-state index in [-0.39, 0.29) is 12.3 Å². The number of hydrogen-bond acceptors (Lipinski definition) is 4. The van der Waals surface area contributed by atoms with E-state index in [1.165, 1.54) is 0 Å². The number of rotatable bonds is 4. The summed E-state index contributed by atoms with van der Waals surface area (Å²) in [4.78, 5) is 2.34. The maximum Gasteiger partial charge on any atom is 0.0919 e. The highest BCUT2D eigenvalue weighted by Gasteiger charge is 2.36. The van der Waals surface area contributed by atoms with Crippen molar-refractivity contribution in [2.45, 2.75) is 31.2 Å². The lowest BCUT2D eigenvalue weighted by Gasteiger charge is -2.45. The summed E-state index contributed by atoms with van der Waals surface area (Å²) >= 11 is 0. The van der Waals surface area contributed by atoms with Crippen LogP contribution in [0.3, 0.4) is 0 Å². The Hall–Kier alpha value is -0.680. The molecule has 0 bridgehead atoms. The number of allylic oxidation sites excluding steroid dienone is 1. The minimum absolute atomic E-state index is 0.00703. The van der Waals surface area contributed by atoms with Gasteiger partial charge in [-0.15, -0.1) is 0 Å². The molecule has 0 amide bonds. The smallest absolute Gasteiger partial charge is 0.0919 e. The third-order valence-corrected chi connectivity index (χ3v) is 3.45. The molecule has 1 saturated heterocycles. The van der Waals surface area contributed by atoms with Crippen LogP contribution in [0.5, 0.6) is 0 Å². The molecule has 1 aliphatic heterocycles. The topological polar surface area (TPSA) is 47.7 Å². The van der Waals surface area contributed by atoms with Crippen LogP contribution in [0.4, 0.5) is 0 Å². The first-order chi connectivity index (χ1) is 8.22. The van der Waals surface area contributed by atoms with Gasteiger partial charge in [0.05, 0.1) is 18.9 Å². The number of methoxy groups -OCH3 is 1. The molecule has 17 heavy (non-hydrogen) atoms. The molecule has 2 N–H and O–H groups in total. The van der Waals surface area contributed by atoms with Gasteiger partial charge in [0.15, 0.2) is 0 Å². The van der Waals surface area contributed by atoms with E-state index >= 15 is 0 Å². The van der Waals surface area contributed by atoms with E-state index in [1.54, 1.807) is 7.11 Å². The second kappa shape index (κ2) is 5.78. The fourth-order valence-corrected chi connectivity index (χ4v) is 2.56. The van der Waals surface area contributed by atoms with Crippen LogP contribution in [0.2, 0.25) is 0 Å². The molecule has 4 heteroatoms. The maximum atomic E-state index is 6.12. The van der Waals surface area contributed by atoms with E-state index in [4.69, 9.17) is 15.2 Å².